The number of methoxy groups -OCH3 is 2. The molecule has 1 aliphatic carbocycles. The van der Waals surface area contributed by atoms with E-state index in [0.29, 0.717) is 31.0 Å². The van der Waals surface area contributed by atoms with Crippen LogP contribution >= 0.6 is 0 Å². The number of hydrogen-bond donors (Lipinski definition) is 0. The Kier molecular flexibility index (Phi) is 12.6. The average Bonchev–Trinajstić information content (AvgIpc) is 2.81. The number of hydrogen-bond acceptors (Lipinski definition) is 4. The molecule has 0 saturated heterocycles. The van der Waals surface area contributed by atoms with Crippen LogP contribution in [0.1, 0.15) is 38.8 Å². The Bertz CT molecular complexity index is 897. The second-order valence-electron chi connectivity index (χ2n) is 7.32. The summed E-state index contributed by atoms with van der Waals surface area (Å²) in [6, 6.07) is 7.49. The molecule has 180 valence electrons. The zero-order valence-electron chi connectivity index (χ0n) is 19.5. The van der Waals surface area contributed by atoms with Crippen LogP contribution in [0, 0.1) is 0 Å². The maximum Gasteiger partial charge on any atom is 0.122 e. The summed E-state index contributed by atoms with van der Waals surface area (Å²) in [4.78, 5) is 2.10. The van der Waals surface area contributed by atoms with Crippen molar-refractivity contribution in [2.75, 3.05) is 27.3 Å². The average molecular weight is 456 g/mol. The summed E-state index contributed by atoms with van der Waals surface area (Å²) in [6.07, 6.45) is 13.7. The first kappa shape index (κ1) is 28.0. The van der Waals surface area contributed by atoms with Gasteiger partial charge in [-0.3, -0.25) is 4.90 Å². The first-order valence-corrected chi connectivity index (χ1v) is 10.8. The molecule has 5 heteroatoms. The summed E-state index contributed by atoms with van der Waals surface area (Å²) in [7, 11) is 3.15. The van der Waals surface area contributed by atoms with Crippen molar-refractivity contribution in [3.8, 4) is 0 Å². The smallest absolute Gasteiger partial charge is 0.122 e. The number of nitrogens with zero attached hydrogens (tertiary/aromatic N) is 1. The molecule has 0 radical (unpaired) electrons. The SMILES string of the molecule is C.C=C(OC)/C(=C/OC)c1ccccc1COC1=CCC(N(C/C=C/C)C/C=C/C)C(F)=C1. The summed E-state index contributed by atoms with van der Waals surface area (Å²) >= 11 is 0. The summed E-state index contributed by atoms with van der Waals surface area (Å²) in [6.45, 7) is 9.56. The van der Waals surface area contributed by atoms with E-state index < -0.39 is 0 Å². The summed E-state index contributed by atoms with van der Waals surface area (Å²) in [5.41, 5.74) is 2.55. The van der Waals surface area contributed by atoms with Crippen LogP contribution in [0.25, 0.3) is 5.57 Å². The summed E-state index contributed by atoms with van der Waals surface area (Å²) < 4.78 is 31.5. The molecule has 0 heterocycles. The highest BCUT2D eigenvalue weighted by Gasteiger charge is 2.24. The number of ether oxygens (including phenoxy) is 3. The van der Waals surface area contributed by atoms with Crippen molar-refractivity contribution in [3.05, 3.63) is 102 Å². The van der Waals surface area contributed by atoms with E-state index in [0.717, 1.165) is 16.7 Å². The number of halogens is 1. The predicted molar refractivity (Wildman–Crippen MR) is 136 cm³/mol. The molecule has 0 saturated carbocycles. The molecular weight excluding hydrogens is 417 g/mol. The van der Waals surface area contributed by atoms with Crippen molar-refractivity contribution >= 4 is 5.57 Å². The van der Waals surface area contributed by atoms with Gasteiger partial charge in [0.25, 0.3) is 0 Å². The zero-order valence-corrected chi connectivity index (χ0v) is 19.5. The van der Waals surface area contributed by atoms with Crippen LogP contribution in [0.2, 0.25) is 0 Å². The van der Waals surface area contributed by atoms with Crippen molar-refractivity contribution < 1.29 is 18.6 Å². The third-order valence-electron chi connectivity index (χ3n) is 5.22. The van der Waals surface area contributed by atoms with Gasteiger partial charge in [-0.2, -0.15) is 0 Å². The van der Waals surface area contributed by atoms with Crippen LogP contribution in [0.5, 0.6) is 0 Å². The van der Waals surface area contributed by atoms with Gasteiger partial charge >= 0.3 is 0 Å². The van der Waals surface area contributed by atoms with Gasteiger partial charge in [-0.15, -0.1) is 0 Å². The monoisotopic (exact) mass is 455 g/mol. The highest BCUT2D eigenvalue weighted by Crippen LogP contribution is 2.29. The van der Waals surface area contributed by atoms with Gasteiger partial charge in [-0.25, -0.2) is 4.39 Å². The lowest BCUT2D eigenvalue weighted by atomic mass is 10.00. The topological polar surface area (TPSA) is 30.9 Å². The lowest BCUT2D eigenvalue weighted by Gasteiger charge is -2.30. The molecule has 1 unspecified atom stereocenters. The van der Waals surface area contributed by atoms with Crippen LogP contribution in [0.4, 0.5) is 4.39 Å². The van der Waals surface area contributed by atoms with E-state index in [9.17, 15) is 4.39 Å². The van der Waals surface area contributed by atoms with Gasteiger partial charge in [-0.1, -0.05) is 62.6 Å². The van der Waals surface area contributed by atoms with Crippen molar-refractivity contribution in [1.29, 1.82) is 0 Å². The van der Waals surface area contributed by atoms with Crippen molar-refractivity contribution in [2.45, 2.75) is 40.3 Å². The fourth-order valence-corrected chi connectivity index (χ4v) is 3.44. The summed E-state index contributed by atoms with van der Waals surface area (Å²) in [5, 5.41) is 0. The highest BCUT2D eigenvalue weighted by molar-refractivity contribution is 5.77. The van der Waals surface area contributed by atoms with Crippen LogP contribution in [0.3, 0.4) is 0 Å². The number of allylic oxidation sites excluding steroid dienone is 4. The van der Waals surface area contributed by atoms with Gasteiger partial charge in [0.05, 0.1) is 32.1 Å². The minimum absolute atomic E-state index is 0. The minimum Gasteiger partial charge on any atom is -0.504 e. The van der Waals surface area contributed by atoms with E-state index in [1.807, 2.05) is 68.5 Å². The molecule has 4 nitrogen and oxygen atoms in total. The molecular formula is C28H38FNO3. The zero-order chi connectivity index (χ0) is 23.3. The van der Waals surface area contributed by atoms with E-state index in [1.165, 1.54) is 6.08 Å². The Balaban J connectivity index is 0.00000544. The third kappa shape index (κ3) is 8.10. The third-order valence-corrected chi connectivity index (χ3v) is 5.22. The van der Waals surface area contributed by atoms with Crippen LogP contribution in [0.15, 0.2) is 90.9 Å². The molecule has 0 aromatic heterocycles. The van der Waals surface area contributed by atoms with E-state index in [4.69, 9.17) is 14.2 Å². The molecule has 1 atom stereocenters. The Morgan fingerprint density at radius 1 is 1.15 bits per heavy atom. The van der Waals surface area contributed by atoms with Crippen LogP contribution in [-0.2, 0) is 20.8 Å². The van der Waals surface area contributed by atoms with Gasteiger partial charge in [0.15, 0.2) is 0 Å². The first-order valence-electron chi connectivity index (χ1n) is 10.8. The quantitative estimate of drug-likeness (QED) is 0.194. The highest BCUT2D eigenvalue weighted by atomic mass is 19.1. The predicted octanol–water partition coefficient (Wildman–Crippen LogP) is 6.95. The van der Waals surface area contributed by atoms with Crippen molar-refractivity contribution in [2.24, 2.45) is 0 Å². The molecule has 0 amide bonds. The van der Waals surface area contributed by atoms with Gasteiger partial charge in [0.2, 0.25) is 0 Å². The van der Waals surface area contributed by atoms with Crippen molar-refractivity contribution in [1.82, 2.24) is 4.90 Å². The molecule has 1 aromatic rings. The molecule has 0 N–H and O–H groups in total. The van der Waals surface area contributed by atoms with Gasteiger partial charge in [0, 0.05) is 19.2 Å². The Labute approximate surface area is 199 Å². The number of benzene rings is 1. The lowest BCUT2D eigenvalue weighted by Crippen LogP contribution is -2.37. The normalized spacial score (nSPS) is 16.4. The first-order chi connectivity index (χ1) is 15.5. The maximum absolute atomic E-state index is 15.0. The number of rotatable bonds is 12. The fourth-order valence-electron chi connectivity index (χ4n) is 3.44. The standard InChI is InChI=1S/C27H34FNO3.CH4/c1-6-8-16-29(17-9-7-2)27-15-14-23(18-26(27)28)32-19-22-12-10-11-13-24(22)25(20-30-4)21(3)31-5;/h6-14,18,20,27H,3,15-17,19H2,1-2,4-5H3;1H4/b8-6+,9-7+,25-20-;. The molecule has 33 heavy (non-hydrogen) atoms. The maximum atomic E-state index is 15.0. The molecule has 0 fully saturated rings. The fraction of sp³-hybridized carbons (Fsp3) is 0.357. The largest absolute Gasteiger partial charge is 0.504 e. The van der Waals surface area contributed by atoms with Gasteiger partial charge in [-0.05, 0) is 37.5 Å². The van der Waals surface area contributed by atoms with Crippen LogP contribution in [-0.4, -0.2) is 38.3 Å². The molecule has 0 spiro atoms. The molecule has 2 rings (SSSR count). The van der Waals surface area contributed by atoms with E-state index in [1.54, 1.807) is 20.5 Å². The van der Waals surface area contributed by atoms with Gasteiger partial charge < -0.3 is 14.2 Å². The van der Waals surface area contributed by atoms with E-state index in [-0.39, 0.29) is 25.9 Å². The Hall–Kier alpha value is -3.05. The Morgan fingerprint density at radius 2 is 1.82 bits per heavy atom. The molecule has 1 aliphatic rings. The molecule has 0 bridgehead atoms. The van der Waals surface area contributed by atoms with E-state index >= 15 is 0 Å². The summed E-state index contributed by atoms with van der Waals surface area (Å²) in [5.74, 6) is 0.846. The van der Waals surface area contributed by atoms with Crippen LogP contribution < -0.4 is 0 Å². The second-order valence-corrected chi connectivity index (χ2v) is 7.32. The Morgan fingerprint density at radius 3 is 2.39 bits per heavy atom. The van der Waals surface area contributed by atoms with Gasteiger partial charge in [0.1, 0.15) is 24.0 Å². The van der Waals surface area contributed by atoms with Crippen molar-refractivity contribution in [3.63, 3.8) is 0 Å². The lowest BCUT2D eigenvalue weighted by molar-refractivity contribution is 0.193. The molecule has 1 aromatic carbocycles. The van der Waals surface area contributed by atoms with E-state index in [2.05, 4.69) is 11.5 Å². The second kappa shape index (κ2) is 14.9. The minimum atomic E-state index is -0.289. The molecule has 0 aliphatic heterocycles.